The molecule has 8 heteroatoms. The molecular weight excluding hydrogens is 298 g/mol. The predicted octanol–water partition coefficient (Wildman–Crippen LogP) is 3.12. The van der Waals surface area contributed by atoms with Gasteiger partial charge in [0.1, 0.15) is 13.6 Å². The SMILES string of the molecule is BCc1cc([N+](=O)[O-])ccc1-c1ccc(O)cc1C(F)(F)F. The zero-order chi connectivity index (χ0) is 16.5. The Balaban J connectivity index is 2.69. The highest BCUT2D eigenvalue weighted by Crippen LogP contribution is 2.40. The van der Waals surface area contributed by atoms with Crippen molar-refractivity contribution in [2.24, 2.45) is 0 Å². The fraction of sp³-hybridized carbons (Fsp3) is 0.143. The number of alkyl halides is 3. The maximum Gasteiger partial charge on any atom is 0.417 e. The fourth-order valence-corrected chi connectivity index (χ4v) is 2.25. The number of nitro groups is 1. The lowest BCUT2D eigenvalue weighted by atomic mass is 9.87. The van der Waals surface area contributed by atoms with E-state index >= 15 is 0 Å². The zero-order valence-corrected chi connectivity index (χ0v) is 11.5. The average Bonchev–Trinajstić information content (AvgIpc) is 2.45. The number of nitrogens with zero attached hydrogens (tertiary/aromatic N) is 1. The second-order valence-electron chi connectivity index (χ2n) is 4.68. The van der Waals surface area contributed by atoms with Gasteiger partial charge in [0, 0.05) is 12.1 Å². The third-order valence-electron chi connectivity index (χ3n) is 3.28. The first-order valence-electron chi connectivity index (χ1n) is 6.42. The molecule has 0 aliphatic rings. The van der Waals surface area contributed by atoms with E-state index in [0.717, 1.165) is 6.07 Å². The lowest BCUT2D eigenvalue weighted by Crippen LogP contribution is -2.08. The van der Waals surface area contributed by atoms with Crippen LogP contribution in [0.5, 0.6) is 5.75 Å². The van der Waals surface area contributed by atoms with Gasteiger partial charge in [0.25, 0.3) is 5.69 Å². The van der Waals surface area contributed by atoms with Crippen LogP contribution in [0.2, 0.25) is 0 Å². The summed E-state index contributed by atoms with van der Waals surface area (Å²) in [6.45, 7) is 0. The maximum atomic E-state index is 13.1. The summed E-state index contributed by atoms with van der Waals surface area (Å²) in [6.07, 6.45) is -4.30. The van der Waals surface area contributed by atoms with Gasteiger partial charge in [-0.15, -0.1) is 0 Å². The quantitative estimate of drug-likeness (QED) is 0.538. The summed E-state index contributed by atoms with van der Waals surface area (Å²) in [7, 11) is 1.70. The van der Waals surface area contributed by atoms with Gasteiger partial charge in [0.05, 0.1) is 10.5 Å². The van der Waals surface area contributed by atoms with Gasteiger partial charge in [-0.3, -0.25) is 10.1 Å². The molecule has 0 amide bonds. The lowest BCUT2D eigenvalue weighted by Gasteiger charge is -2.15. The molecule has 0 bridgehead atoms. The summed E-state index contributed by atoms with van der Waals surface area (Å²) in [5.41, 5.74) is -0.563. The number of nitro benzene ring substituents is 1. The fourth-order valence-electron chi connectivity index (χ4n) is 2.25. The van der Waals surface area contributed by atoms with Gasteiger partial charge < -0.3 is 5.11 Å². The number of benzene rings is 2. The monoisotopic (exact) mass is 309 g/mol. The minimum absolute atomic E-state index is 0.114. The molecule has 114 valence electrons. The molecule has 0 fully saturated rings. The van der Waals surface area contributed by atoms with Crippen molar-refractivity contribution in [1.29, 1.82) is 0 Å². The number of phenolic OH excluding ortho intramolecular Hbond substituents is 1. The van der Waals surface area contributed by atoms with Crippen LogP contribution in [0.3, 0.4) is 0 Å². The molecule has 0 saturated heterocycles. The first kappa shape index (κ1) is 15.9. The van der Waals surface area contributed by atoms with Gasteiger partial charge in [-0.25, -0.2) is 0 Å². The van der Waals surface area contributed by atoms with Crippen molar-refractivity contribution in [3.63, 3.8) is 0 Å². The van der Waals surface area contributed by atoms with Crippen LogP contribution in [0.4, 0.5) is 18.9 Å². The summed E-state index contributed by atoms with van der Waals surface area (Å²) in [6, 6.07) is 6.71. The lowest BCUT2D eigenvalue weighted by molar-refractivity contribution is -0.384. The Labute approximate surface area is 124 Å². The van der Waals surface area contributed by atoms with Gasteiger partial charge in [-0.1, -0.05) is 12.4 Å². The number of aromatic hydroxyl groups is 1. The molecule has 0 spiro atoms. The Morgan fingerprint density at radius 2 is 1.77 bits per heavy atom. The largest absolute Gasteiger partial charge is 0.508 e. The van der Waals surface area contributed by atoms with E-state index in [1.54, 1.807) is 7.85 Å². The summed E-state index contributed by atoms with van der Waals surface area (Å²) in [5, 5.41) is 20.1. The molecule has 0 aromatic heterocycles. The van der Waals surface area contributed by atoms with Crippen LogP contribution in [-0.2, 0) is 12.5 Å². The second-order valence-corrected chi connectivity index (χ2v) is 4.68. The molecule has 2 rings (SSSR count). The Kier molecular flexibility index (Phi) is 4.12. The van der Waals surface area contributed by atoms with Crippen LogP contribution in [0.1, 0.15) is 11.1 Å². The van der Waals surface area contributed by atoms with Crippen molar-refractivity contribution in [3.8, 4) is 16.9 Å². The molecule has 0 unspecified atom stereocenters. The van der Waals surface area contributed by atoms with E-state index < -0.39 is 22.4 Å². The number of non-ortho nitro benzene ring substituents is 1. The molecule has 4 nitrogen and oxygen atoms in total. The highest BCUT2D eigenvalue weighted by atomic mass is 19.4. The molecule has 2 aromatic rings. The van der Waals surface area contributed by atoms with Gasteiger partial charge >= 0.3 is 6.18 Å². The van der Waals surface area contributed by atoms with Crippen molar-refractivity contribution in [3.05, 3.63) is 57.6 Å². The summed E-state index contributed by atoms with van der Waals surface area (Å²) in [5.74, 6) is -0.490. The minimum Gasteiger partial charge on any atom is -0.508 e. The maximum absolute atomic E-state index is 13.1. The molecule has 2 aromatic carbocycles. The van der Waals surface area contributed by atoms with Crippen LogP contribution in [0.15, 0.2) is 36.4 Å². The van der Waals surface area contributed by atoms with E-state index in [2.05, 4.69) is 0 Å². The Hall–Kier alpha value is -2.51. The minimum atomic E-state index is -4.64. The van der Waals surface area contributed by atoms with Crippen molar-refractivity contribution in [2.75, 3.05) is 0 Å². The molecule has 0 radical (unpaired) electrons. The van der Waals surface area contributed by atoms with Crippen molar-refractivity contribution < 1.29 is 23.2 Å². The van der Waals surface area contributed by atoms with E-state index in [1.165, 1.54) is 24.3 Å². The zero-order valence-electron chi connectivity index (χ0n) is 11.5. The molecule has 0 atom stereocenters. The molecule has 0 heterocycles. The van der Waals surface area contributed by atoms with Crippen LogP contribution in [-0.4, -0.2) is 17.9 Å². The smallest absolute Gasteiger partial charge is 0.417 e. The van der Waals surface area contributed by atoms with Gasteiger partial charge in [-0.2, -0.15) is 13.2 Å². The molecular formula is C14H11BF3NO3. The van der Waals surface area contributed by atoms with E-state index in [1.807, 2.05) is 0 Å². The highest BCUT2D eigenvalue weighted by Gasteiger charge is 2.34. The third-order valence-corrected chi connectivity index (χ3v) is 3.28. The summed E-state index contributed by atoms with van der Waals surface area (Å²) < 4.78 is 39.4. The van der Waals surface area contributed by atoms with Crippen LogP contribution in [0.25, 0.3) is 11.1 Å². The van der Waals surface area contributed by atoms with Gasteiger partial charge in [0.15, 0.2) is 0 Å². The number of hydrogen-bond donors (Lipinski definition) is 1. The number of hydrogen-bond acceptors (Lipinski definition) is 3. The Morgan fingerprint density at radius 3 is 2.32 bits per heavy atom. The van der Waals surface area contributed by atoms with Crippen LogP contribution < -0.4 is 0 Å². The third kappa shape index (κ3) is 3.05. The van der Waals surface area contributed by atoms with Crippen molar-refractivity contribution >= 4 is 13.5 Å². The molecule has 22 heavy (non-hydrogen) atoms. The van der Waals surface area contributed by atoms with E-state index in [9.17, 15) is 28.4 Å². The van der Waals surface area contributed by atoms with E-state index in [0.29, 0.717) is 17.9 Å². The average molecular weight is 309 g/mol. The first-order valence-corrected chi connectivity index (χ1v) is 6.42. The number of halogens is 3. The second kappa shape index (κ2) is 5.71. The molecule has 1 N–H and O–H groups in total. The molecule has 0 aliphatic heterocycles. The molecule has 0 aliphatic carbocycles. The summed E-state index contributed by atoms with van der Waals surface area (Å²) >= 11 is 0. The van der Waals surface area contributed by atoms with E-state index in [-0.39, 0.29) is 16.8 Å². The number of phenols is 1. The van der Waals surface area contributed by atoms with Crippen molar-refractivity contribution in [2.45, 2.75) is 12.5 Å². The standard InChI is InChI=1S/C14H11BF3NO3/c15-7-8-5-9(19(21)22)1-3-11(8)12-4-2-10(20)6-13(12)14(16,17)18/h1-6,20H,7,15H2. The predicted molar refractivity (Wildman–Crippen MR) is 77.4 cm³/mol. The van der Waals surface area contributed by atoms with Crippen LogP contribution >= 0.6 is 0 Å². The van der Waals surface area contributed by atoms with Crippen LogP contribution in [0, 0.1) is 10.1 Å². The normalized spacial score (nSPS) is 11.4. The Morgan fingerprint density at radius 1 is 1.14 bits per heavy atom. The van der Waals surface area contributed by atoms with Gasteiger partial charge in [-0.05, 0) is 34.9 Å². The van der Waals surface area contributed by atoms with Gasteiger partial charge in [0.2, 0.25) is 0 Å². The summed E-state index contributed by atoms with van der Waals surface area (Å²) in [4.78, 5) is 10.2. The van der Waals surface area contributed by atoms with E-state index in [4.69, 9.17) is 0 Å². The molecule has 0 saturated carbocycles. The topological polar surface area (TPSA) is 63.4 Å². The number of rotatable bonds is 3. The Bertz CT molecular complexity index is 732. The first-order chi connectivity index (χ1) is 10.2. The highest BCUT2D eigenvalue weighted by molar-refractivity contribution is 6.09. The van der Waals surface area contributed by atoms with Crippen molar-refractivity contribution in [1.82, 2.24) is 0 Å².